The summed E-state index contributed by atoms with van der Waals surface area (Å²) in [7, 11) is 0. The Kier molecular flexibility index (Phi) is 2.31. The molecule has 0 fully saturated rings. The van der Waals surface area contributed by atoms with Crippen LogP contribution in [0.3, 0.4) is 0 Å². The Balaban J connectivity index is 2.90. The molecule has 0 amide bonds. The van der Waals surface area contributed by atoms with E-state index in [1.165, 1.54) is 4.68 Å². The quantitative estimate of drug-likeness (QED) is 0.373. The molecule has 1 heterocycles. The summed E-state index contributed by atoms with van der Waals surface area (Å²) < 4.78 is 1.42. The van der Waals surface area contributed by atoms with E-state index < -0.39 is 0 Å². The standard InChI is InChI=1S/C6H6N6/c1-5-6(2-7)3-12(10-5)4-9-11-8/h3H,4H2,1H3. The minimum absolute atomic E-state index is 0.124. The first-order valence-corrected chi connectivity index (χ1v) is 3.23. The minimum Gasteiger partial charge on any atom is -0.265 e. The Morgan fingerprint density at radius 2 is 2.67 bits per heavy atom. The highest BCUT2D eigenvalue weighted by molar-refractivity contribution is 5.29. The summed E-state index contributed by atoms with van der Waals surface area (Å²) in [5.41, 5.74) is 9.16. The number of nitrogens with zero attached hydrogens (tertiary/aromatic N) is 6. The van der Waals surface area contributed by atoms with Crippen molar-refractivity contribution in [1.29, 1.82) is 5.26 Å². The predicted octanol–water partition coefficient (Wildman–Crippen LogP) is 1.33. The summed E-state index contributed by atoms with van der Waals surface area (Å²) in [6, 6.07) is 1.97. The highest BCUT2D eigenvalue weighted by Crippen LogP contribution is 2.02. The van der Waals surface area contributed by atoms with Gasteiger partial charge in [0.1, 0.15) is 12.7 Å². The van der Waals surface area contributed by atoms with Gasteiger partial charge in [0.2, 0.25) is 0 Å². The zero-order chi connectivity index (χ0) is 8.97. The molecule has 1 aromatic rings. The van der Waals surface area contributed by atoms with Crippen molar-refractivity contribution >= 4 is 0 Å². The average Bonchev–Trinajstić information content (AvgIpc) is 2.43. The summed E-state index contributed by atoms with van der Waals surface area (Å²) in [6.45, 7) is 1.85. The van der Waals surface area contributed by atoms with Gasteiger partial charge in [0.15, 0.2) is 0 Å². The van der Waals surface area contributed by atoms with Crippen LogP contribution in [0, 0.1) is 18.3 Å². The Labute approximate surface area is 68.7 Å². The van der Waals surface area contributed by atoms with Crippen LogP contribution in [0.15, 0.2) is 11.3 Å². The van der Waals surface area contributed by atoms with Gasteiger partial charge in [0.25, 0.3) is 0 Å². The second kappa shape index (κ2) is 3.42. The zero-order valence-electron chi connectivity index (χ0n) is 6.47. The van der Waals surface area contributed by atoms with Crippen molar-refractivity contribution in [3.8, 4) is 6.07 Å². The smallest absolute Gasteiger partial charge is 0.120 e. The van der Waals surface area contributed by atoms with Crippen LogP contribution in [-0.2, 0) is 6.67 Å². The van der Waals surface area contributed by atoms with E-state index in [0.29, 0.717) is 11.3 Å². The molecule has 0 N–H and O–H groups in total. The van der Waals surface area contributed by atoms with Crippen LogP contribution in [0.5, 0.6) is 0 Å². The lowest BCUT2D eigenvalue weighted by molar-refractivity contribution is 0.629. The number of azide groups is 1. The Bertz CT molecular complexity index is 364. The van der Waals surface area contributed by atoms with E-state index in [2.05, 4.69) is 15.1 Å². The molecule has 0 aromatic carbocycles. The van der Waals surface area contributed by atoms with Crippen molar-refractivity contribution < 1.29 is 0 Å². The number of aryl methyl sites for hydroxylation is 1. The molecule has 0 atom stereocenters. The third kappa shape index (κ3) is 1.54. The largest absolute Gasteiger partial charge is 0.265 e. The van der Waals surface area contributed by atoms with E-state index >= 15 is 0 Å². The number of rotatable bonds is 2. The summed E-state index contributed by atoms with van der Waals surface area (Å²) >= 11 is 0. The SMILES string of the molecule is Cc1nn(CN=[N+]=[N-])cc1C#N. The van der Waals surface area contributed by atoms with Crippen molar-refractivity contribution in [2.24, 2.45) is 5.11 Å². The van der Waals surface area contributed by atoms with Crippen LogP contribution in [-0.4, -0.2) is 9.78 Å². The molecule has 0 aliphatic heterocycles. The molecule has 0 saturated carbocycles. The predicted molar refractivity (Wildman–Crippen MR) is 40.8 cm³/mol. The molecule has 0 aliphatic rings. The fourth-order valence-corrected chi connectivity index (χ4v) is 0.793. The van der Waals surface area contributed by atoms with Crippen LogP contribution >= 0.6 is 0 Å². The first-order chi connectivity index (χ1) is 5.77. The van der Waals surface area contributed by atoms with Gasteiger partial charge in [-0.05, 0) is 12.5 Å². The second-order valence-electron chi connectivity index (χ2n) is 2.15. The van der Waals surface area contributed by atoms with Gasteiger partial charge < -0.3 is 0 Å². The van der Waals surface area contributed by atoms with Crippen LogP contribution in [0.4, 0.5) is 0 Å². The monoisotopic (exact) mass is 162 g/mol. The molecule has 60 valence electrons. The number of nitriles is 1. The van der Waals surface area contributed by atoms with Crippen molar-refractivity contribution in [2.75, 3.05) is 0 Å². The van der Waals surface area contributed by atoms with Gasteiger partial charge in [0, 0.05) is 11.1 Å². The summed E-state index contributed by atoms with van der Waals surface area (Å²) in [5, 5.41) is 15.8. The van der Waals surface area contributed by atoms with E-state index in [-0.39, 0.29) is 6.67 Å². The molecule has 12 heavy (non-hydrogen) atoms. The normalized spacial score (nSPS) is 8.67. The van der Waals surface area contributed by atoms with Crippen LogP contribution in [0.25, 0.3) is 10.4 Å². The van der Waals surface area contributed by atoms with Gasteiger partial charge in [-0.25, -0.2) is 0 Å². The number of hydrogen-bond donors (Lipinski definition) is 0. The van der Waals surface area contributed by atoms with Crippen molar-refractivity contribution in [1.82, 2.24) is 9.78 Å². The molecule has 1 rings (SSSR count). The average molecular weight is 162 g/mol. The molecule has 6 heteroatoms. The van der Waals surface area contributed by atoms with Crippen LogP contribution in [0.1, 0.15) is 11.3 Å². The third-order valence-corrected chi connectivity index (χ3v) is 1.34. The zero-order valence-corrected chi connectivity index (χ0v) is 6.47. The van der Waals surface area contributed by atoms with E-state index in [1.807, 2.05) is 6.07 Å². The van der Waals surface area contributed by atoms with Gasteiger partial charge >= 0.3 is 0 Å². The van der Waals surface area contributed by atoms with Crippen LogP contribution < -0.4 is 0 Å². The van der Waals surface area contributed by atoms with Gasteiger partial charge in [-0.15, -0.1) is 0 Å². The first kappa shape index (κ1) is 8.11. The molecule has 0 aliphatic carbocycles. The van der Waals surface area contributed by atoms with Gasteiger partial charge in [0.05, 0.1) is 11.3 Å². The lowest BCUT2D eigenvalue weighted by Crippen LogP contribution is -1.94. The Morgan fingerprint density at radius 1 is 1.92 bits per heavy atom. The maximum Gasteiger partial charge on any atom is 0.120 e. The molecule has 6 nitrogen and oxygen atoms in total. The summed E-state index contributed by atoms with van der Waals surface area (Å²) in [6.07, 6.45) is 1.55. The van der Waals surface area contributed by atoms with E-state index in [4.69, 9.17) is 10.8 Å². The summed E-state index contributed by atoms with van der Waals surface area (Å²) in [5.74, 6) is 0. The molecular weight excluding hydrogens is 156 g/mol. The number of hydrogen-bond acceptors (Lipinski definition) is 3. The van der Waals surface area contributed by atoms with E-state index in [0.717, 1.165) is 0 Å². The summed E-state index contributed by atoms with van der Waals surface area (Å²) in [4.78, 5) is 2.58. The Hall–Kier alpha value is -1.99. The van der Waals surface area contributed by atoms with Crippen molar-refractivity contribution in [3.63, 3.8) is 0 Å². The fourth-order valence-electron chi connectivity index (χ4n) is 0.793. The maximum atomic E-state index is 8.55. The lowest BCUT2D eigenvalue weighted by Gasteiger charge is -1.89. The molecule has 0 spiro atoms. The van der Waals surface area contributed by atoms with Crippen molar-refractivity contribution in [2.45, 2.75) is 13.6 Å². The number of aromatic nitrogens is 2. The van der Waals surface area contributed by atoms with Crippen LogP contribution in [0.2, 0.25) is 0 Å². The van der Waals surface area contributed by atoms with Gasteiger partial charge in [-0.1, -0.05) is 5.11 Å². The minimum atomic E-state index is 0.124. The molecule has 0 radical (unpaired) electrons. The van der Waals surface area contributed by atoms with Gasteiger partial charge in [-0.3, -0.25) is 4.68 Å². The van der Waals surface area contributed by atoms with Gasteiger partial charge in [-0.2, -0.15) is 10.4 Å². The highest BCUT2D eigenvalue weighted by Gasteiger charge is 2.01. The Morgan fingerprint density at radius 3 is 3.17 bits per heavy atom. The second-order valence-corrected chi connectivity index (χ2v) is 2.15. The molecule has 0 bridgehead atoms. The first-order valence-electron chi connectivity index (χ1n) is 3.23. The topological polar surface area (TPSA) is 90.4 Å². The fraction of sp³-hybridized carbons (Fsp3) is 0.333. The third-order valence-electron chi connectivity index (χ3n) is 1.34. The molecule has 0 unspecified atom stereocenters. The lowest BCUT2D eigenvalue weighted by atomic mass is 10.3. The maximum absolute atomic E-state index is 8.55. The molecular formula is C6H6N6. The molecule has 0 saturated heterocycles. The molecule has 1 aromatic heterocycles. The van der Waals surface area contributed by atoms with Crippen molar-refractivity contribution in [3.05, 3.63) is 27.9 Å². The van der Waals surface area contributed by atoms with E-state index in [1.54, 1.807) is 13.1 Å². The highest BCUT2D eigenvalue weighted by atomic mass is 15.3. The van der Waals surface area contributed by atoms with E-state index in [9.17, 15) is 0 Å².